The Hall–Kier alpha value is -3.81. The van der Waals surface area contributed by atoms with Crippen LogP contribution < -0.4 is 24.8 Å². The lowest BCUT2D eigenvalue weighted by molar-refractivity contribution is -0.116. The Labute approximate surface area is 199 Å². The van der Waals surface area contributed by atoms with Gasteiger partial charge in [0.2, 0.25) is 5.75 Å². The van der Waals surface area contributed by atoms with Crippen molar-refractivity contribution in [2.75, 3.05) is 26.6 Å². The topological polar surface area (TPSA) is 98.8 Å². The number of hydrogen-bond acceptors (Lipinski definition) is 7. The average molecular weight is 464 g/mol. The molecule has 8 heteroatoms. The van der Waals surface area contributed by atoms with Crippen molar-refractivity contribution in [2.45, 2.75) is 39.0 Å². The fourth-order valence-electron chi connectivity index (χ4n) is 4.68. The number of aryl methyl sites for hydroxylation is 1. The number of hydrogen-bond donors (Lipinski definition) is 2. The number of ketones is 1. The van der Waals surface area contributed by atoms with Gasteiger partial charge in [-0.25, -0.2) is 4.98 Å². The molecular weight excluding hydrogens is 434 g/mol. The van der Waals surface area contributed by atoms with Gasteiger partial charge in [-0.15, -0.1) is 0 Å². The number of nitrogens with zero attached hydrogens (tertiary/aromatic N) is 1. The predicted molar refractivity (Wildman–Crippen MR) is 128 cm³/mol. The van der Waals surface area contributed by atoms with Gasteiger partial charge < -0.3 is 24.8 Å². The van der Waals surface area contributed by atoms with Crippen molar-refractivity contribution in [1.82, 2.24) is 10.3 Å². The molecule has 2 heterocycles. The summed E-state index contributed by atoms with van der Waals surface area (Å²) in [6, 6.07) is 9.03. The molecule has 1 aliphatic carbocycles. The summed E-state index contributed by atoms with van der Waals surface area (Å²) >= 11 is 0. The van der Waals surface area contributed by atoms with Gasteiger partial charge in [0.25, 0.3) is 5.91 Å². The fraction of sp³-hybridized carbons (Fsp3) is 0.346. The normalized spacial score (nSPS) is 17.7. The first-order valence-corrected chi connectivity index (χ1v) is 11.2. The number of carbonyl (C=O) groups excluding carboxylic acids is 2. The predicted octanol–water partition coefficient (Wildman–Crippen LogP) is 4.02. The van der Waals surface area contributed by atoms with Crippen molar-refractivity contribution >= 4 is 17.5 Å². The molecule has 2 aliphatic rings. The van der Waals surface area contributed by atoms with E-state index in [4.69, 9.17) is 14.2 Å². The Bertz CT molecular complexity index is 1190. The van der Waals surface area contributed by atoms with E-state index in [0.29, 0.717) is 51.9 Å². The zero-order chi connectivity index (χ0) is 24.4. The summed E-state index contributed by atoms with van der Waals surface area (Å²) in [6.45, 7) is 3.71. The molecule has 1 aliphatic heterocycles. The maximum atomic E-state index is 13.6. The molecule has 0 saturated carbocycles. The first kappa shape index (κ1) is 23.4. The summed E-state index contributed by atoms with van der Waals surface area (Å²) in [5.41, 5.74) is 4.11. The zero-order valence-corrected chi connectivity index (χ0v) is 20.1. The van der Waals surface area contributed by atoms with Gasteiger partial charge in [-0.2, -0.15) is 0 Å². The summed E-state index contributed by atoms with van der Waals surface area (Å²) in [5, 5.41) is 6.23. The molecule has 1 aromatic heterocycles. The van der Waals surface area contributed by atoms with Crippen LogP contribution in [0.15, 0.2) is 52.9 Å². The number of benzene rings is 1. The molecular formula is C26H29N3O5. The number of carbonyl (C=O) groups is 2. The number of Topliss-reactive ketones (excluding diaryl/α,β-unsaturated/α-hetero) is 1. The van der Waals surface area contributed by atoms with Crippen LogP contribution in [0.2, 0.25) is 0 Å². The Kier molecular flexibility index (Phi) is 6.58. The largest absolute Gasteiger partial charge is 0.493 e. The van der Waals surface area contributed by atoms with Gasteiger partial charge in [0.1, 0.15) is 5.82 Å². The zero-order valence-electron chi connectivity index (χ0n) is 20.1. The first-order chi connectivity index (χ1) is 16.4. The van der Waals surface area contributed by atoms with Crippen molar-refractivity contribution in [3.8, 4) is 17.2 Å². The minimum atomic E-state index is -0.595. The van der Waals surface area contributed by atoms with E-state index in [1.165, 1.54) is 21.3 Å². The summed E-state index contributed by atoms with van der Waals surface area (Å²) in [5.74, 6) is 0.914. The number of amides is 1. The molecule has 2 aromatic rings. The van der Waals surface area contributed by atoms with Gasteiger partial charge in [-0.05, 0) is 56.5 Å². The maximum absolute atomic E-state index is 13.6. The van der Waals surface area contributed by atoms with E-state index in [2.05, 4.69) is 15.6 Å². The number of methoxy groups -OCH3 is 3. The molecule has 0 spiro atoms. The molecule has 1 atom stereocenters. The number of rotatable bonds is 6. The van der Waals surface area contributed by atoms with Crippen molar-refractivity contribution in [3.05, 3.63) is 64.1 Å². The van der Waals surface area contributed by atoms with E-state index in [-0.39, 0.29) is 11.7 Å². The molecule has 0 saturated heterocycles. The van der Waals surface area contributed by atoms with Gasteiger partial charge in [0, 0.05) is 40.6 Å². The van der Waals surface area contributed by atoms with Crippen LogP contribution in [-0.2, 0) is 9.59 Å². The molecule has 4 rings (SSSR count). The van der Waals surface area contributed by atoms with Crippen molar-refractivity contribution in [3.63, 3.8) is 0 Å². The minimum absolute atomic E-state index is 0.0268. The van der Waals surface area contributed by atoms with Gasteiger partial charge >= 0.3 is 0 Å². The molecule has 2 N–H and O–H groups in total. The SMILES string of the molecule is COc1cc([C@@H]2C(C(=O)Nc3cccc(C)n3)=C(C)NC3=C2C(=O)CCC3)cc(OC)c1OC. The highest BCUT2D eigenvalue weighted by atomic mass is 16.5. The smallest absolute Gasteiger partial charge is 0.255 e. The molecule has 0 fully saturated rings. The van der Waals surface area contributed by atoms with E-state index in [0.717, 1.165) is 24.2 Å². The number of ether oxygens (including phenoxy) is 3. The van der Waals surface area contributed by atoms with Crippen LogP contribution in [0.5, 0.6) is 17.2 Å². The van der Waals surface area contributed by atoms with Crippen LogP contribution in [0.1, 0.15) is 43.4 Å². The lowest BCUT2D eigenvalue weighted by Gasteiger charge is -2.34. The van der Waals surface area contributed by atoms with E-state index >= 15 is 0 Å². The number of dihydropyridines is 1. The van der Waals surface area contributed by atoms with E-state index < -0.39 is 5.92 Å². The fourth-order valence-corrected chi connectivity index (χ4v) is 4.68. The standard InChI is InChI=1S/C26H29N3O5/c1-14-8-6-11-21(27-14)29-26(31)22-15(2)28-17-9-7-10-18(30)24(17)23(22)16-12-19(32-3)25(34-5)20(13-16)33-4/h6,8,11-13,23,28H,7,9-10H2,1-5H3,(H,27,29,31)/t23-/m1/s1. The minimum Gasteiger partial charge on any atom is -0.493 e. The third kappa shape index (κ3) is 4.23. The number of aromatic nitrogens is 1. The molecule has 0 bridgehead atoms. The molecule has 0 radical (unpaired) electrons. The second-order valence-electron chi connectivity index (χ2n) is 8.34. The van der Waals surface area contributed by atoms with Crippen LogP contribution in [0.3, 0.4) is 0 Å². The summed E-state index contributed by atoms with van der Waals surface area (Å²) < 4.78 is 16.6. The Morgan fingerprint density at radius 2 is 1.76 bits per heavy atom. The van der Waals surface area contributed by atoms with E-state index in [1.54, 1.807) is 18.2 Å². The third-order valence-corrected chi connectivity index (χ3v) is 6.17. The number of nitrogens with one attached hydrogen (secondary N) is 2. The monoisotopic (exact) mass is 463 g/mol. The Morgan fingerprint density at radius 1 is 1.06 bits per heavy atom. The molecule has 8 nitrogen and oxygen atoms in total. The number of pyridine rings is 1. The molecule has 1 amide bonds. The lowest BCUT2D eigenvalue weighted by atomic mass is 9.75. The van der Waals surface area contributed by atoms with Gasteiger partial charge in [0.15, 0.2) is 17.3 Å². The van der Waals surface area contributed by atoms with Crippen LogP contribution in [0.25, 0.3) is 0 Å². The molecule has 178 valence electrons. The van der Waals surface area contributed by atoms with Crippen molar-refractivity contribution in [1.29, 1.82) is 0 Å². The third-order valence-electron chi connectivity index (χ3n) is 6.17. The summed E-state index contributed by atoms with van der Waals surface area (Å²) in [4.78, 5) is 31.2. The van der Waals surface area contributed by atoms with Crippen LogP contribution >= 0.6 is 0 Å². The summed E-state index contributed by atoms with van der Waals surface area (Å²) in [6.07, 6.45) is 1.96. The second-order valence-corrected chi connectivity index (χ2v) is 8.34. The van der Waals surface area contributed by atoms with Gasteiger partial charge in [-0.1, -0.05) is 6.07 Å². The van der Waals surface area contributed by atoms with Crippen molar-refractivity contribution < 1.29 is 23.8 Å². The molecule has 34 heavy (non-hydrogen) atoms. The van der Waals surface area contributed by atoms with E-state index in [9.17, 15) is 9.59 Å². The Balaban J connectivity index is 1.87. The molecule has 0 unspecified atom stereocenters. The first-order valence-electron chi connectivity index (χ1n) is 11.2. The second kappa shape index (κ2) is 9.59. The molecule has 1 aromatic carbocycles. The number of allylic oxidation sites excluding steroid dienone is 3. The highest BCUT2D eigenvalue weighted by molar-refractivity contribution is 6.09. The maximum Gasteiger partial charge on any atom is 0.255 e. The average Bonchev–Trinajstić information content (AvgIpc) is 2.82. The van der Waals surface area contributed by atoms with Crippen LogP contribution in [-0.4, -0.2) is 38.0 Å². The quantitative estimate of drug-likeness (QED) is 0.668. The van der Waals surface area contributed by atoms with Gasteiger partial charge in [0.05, 0.1) is 21.3 Å². The van der Waals surface area contributed by atoms with Gasteiger partial charge in [-0.3, -0.25) is 9.59 Å². The van der Waals surface area contributed by atoms with E-state index in [1.807, 2.05) is 26.0 Å². The number of anilines is 1. The van der Waals surface area contributed by atoms with Crippen molar-refractivity contribution in [2.24, 2.45) is 0 Å². The lowest BCUT2D eigenvalue weighted by Crippen LogP contribution is -2.35. The van der Waals surface area contributed by atoms with Crippen LogP contribution in [0.4, 0.5) is 5.82 Å². The highest BCUT2D eigenvalue weighted by Gasteiger charge is 2.39. The Morgan fingerprint density at radius 3 is 2.38 bits per heavy atom. The summed E-state index contributed by atoms with van der Waals surface area (Å²) in [7, 11) is 4.61. The highest BCUT2D eigenvalue weighted by Crippen LogP contribution is 2.47. The van der Waals surface area contributed by atoms with Crippen LogP contribution in [0, 0.1) is 6.92 Å².